The summed E-state index contributed by atoms with van der Waals surface area (Å²) in [5.41, 5.74) is 2.42. The standard InChI is InChI=1S/C20H15N3O3S/c1-12-4-2-3-5-14(12)10-23-17(13-6-8-21-9-7-13)22-18-16(19(23)24)15(11-27-18)20(25)26/h2-9,11H,10H2,1H3,(H,25,26). The van der Waals surface area contributed by atoms with Gasteiger partial charge in [0.05, 0.1) is 17.5 Å². The Bertz CT molecular complexity index is 1210. The first kappa shape index (κ1) is 17.1. The third-order valence-corrected chi connectivity index (χ3v) is 5.32. The number of hydrogen-bond acceptors (Lipinski definition) is 5. The molecule has 0 aliphatic rings. The SMILES string of the molecule is Cc1ccccc1Cn1c(-c2ccncc2)nc2scc(C(=O)O)c2c1=O. The largest absolute Gasteiger partial charge is 0.478 e. The minimum absolute atomic E-state index is 0.00712. The quantitative estimate of drug-likeness (QED) is 0.588. The smallest absolute Gasteiger partial charge is 0.337 e. The number of aromatic nitrogens is 3. The van der Waals surface area contributed by atoms with E-state index in [4.69, 9.17) is 0 Å². The summed E-state index contributed by atoms with van der Waals surface area (Å²) in [5.74, 6) is -0.629. The number of rotatable bonds is 4. The first-order valence-electron chi connectivity index (χ1n) is 8.26. The topological polar surface area (TPSA) is 85.1 Å². The molecule has 134 valence electrons. The van der Waals surface area contributed by atoms with Gasteiger partial charge in [0.15, 0.2) is 0 Å². The second-order valence-corrected chi connectivity index (χ2v) is 6.98. The van der Waals surface area contributed by atoms with Crippen LogP contribution < -0.4 is 5.56 Å². The maximum atomic E-state index is 13.3. The highest BCUT2D eigenvalue weighted by Gasteiger charge is 2.20. The Hall–Kier alpha value is -3.32. The van der Waals surface area contributed by atoms with Crippen LogP contribution in [0.15, 0.2) is 59.0 Å². The van der Waals surface area contributed by atoms with Crippen LogP contribution in [0.5, 0.6) is 0 Å². The molecule has 0 spiro atoms. The van der Waals surface area contributed by atoms with Crippen LogP contribution in [0.2, 0.25) is 0 Å². The van der Waals surface area contributed by atoms with Crippen LogP contribution in [0.4, 0.5) is 0 Å². The molecule has 4 rings (SSSR count). The molecule has 0 aliphatic heterocycles. The van der Waals surface area contributed by atoms with E-state index in [9.17, 15) is 14.7 Å². The monoisotopic (exact) mass is 377 g/mol. The van der Waals surface area contributed by atoms with E-state index in [1.807, 2.05) is 31.2 Å². The first-order valence-corrected chi connectivity index (χ1v) is 9.14. The molecule has 6 nitrogen and oxygen atoms in total. The van der Waals surface area contributed by atoms with E-state index >= 15 is 0 Å². The van der Waals surface area contributed by atoms with Gasteiger partial charge in [0.1, 0.15) is 10.7 Å². The van der Waals surface area contributed by atoms with Crippen molar-refractivity contribution in [3.63, 3.8) is 0 Å². The molecule has 0 radical (unpaired) electrons. The highest BCUT2D eigenvalue weighted by atomic mass is 32.1. The molecular formula is C20H15N3O3S. The fraction of sp³-hybridized carbons (Fsp3) is 0.100. The zero-order valence-corrected chi connectivity index (χ0v) is 15.2. The van der Waals surface area contributed by atoms with E-state index in [0.717, 1.165) is 28.0 Å². The van der Waals surface area contributed by atoms with Crippen molar-refractivity contribution in [1.29, 1.82) is 0 Å². The van der Waals surface area contributed by atoms with E-state index in [1.165, 1.54) is 5.38 Å². The Morgan fingerprint density at radius 2 is 1.93 bits per heavy atom. The molecule has 0 amide bonds. The molecular weight excluding hydrogens is 362 g/mol. The lowest BCUT2D eigenvalue weighted by atomic mass is 10.1. The summed E-state index contributed by atoms with van der Waals surface area (Å²) >= 11 is 1.16. The third kappa shape index (κ3) is 3.02. The lowest BCUT2D eigenvalue weighted by molar-refractivity contribution is 0.0699. The highest BCUT2D eigenvalue weighted by Crippen LogP contribution is 2.26. The molecule has 3 aromatic heterocycles. The molecule has 0 unspecified atom stereocenters. The number of pyridine rings is 1. The summed E-state index contributed by atoms with van der Waals surface area (Å²) in [4.78, 5) is 33.9. The lowest BCUT2D eigenvalue weighted by Gasteiger charge is -2.14. The van der Waals surface area contributed by atoms with Crippen molar-refractivity contribution in [1.82, 2.24) is 14.5 Å². The van der Waals surface area contributed by atoms with Gasteiger partial charge in [-0.2, -0.15) is 0 Å². The predicted octanol–water partition coefficient (Wildman–Crippen LogP) is 3.57. The lowest BCUT2D eigenvalue weighted by Crippen LogP contribution is -2.25. The van der Waals surface area contributed by atoms with E-state index in [1.54, 1.807) is 29.1 Å². The van der Waals surface area contributed by atoms with Gasteiger partial charge in [0, 0.05) is 23.3 Å². The van der Waals surface area contributed by atoms with E-state index < -0.39 is 5.97 Å². The predicted molar refractivity (Wildman–Crippen MR) is 104 cm³/mol. The Morgan fingerprint density at radius 1 is 1.19 bits per heavy atom. The number of carbonyl (C=O) groups is 1. The third-order valence-electron chi connectivity index (χ3n) is 4.45. The Kier molecular flexibility index (Phi) is 4.29. The van der Waals surface area contributed by atoms with Gasteiger partial charge < -0.3 is 5.11 Å². The van der Waals surface area contributed by atoms with Crippen LogP contribution in [0, 0.1) is 6.92 Å². The van der Waals surface area contributed by atoms with Gasteiger partial charge in [0.2, 0.25) is 0 Å². The number of aromatic carboxylic acids is 1. The summed E-state index contributed by atoms with van der Waals surface area (Å²) in [6.45, 7) is 2.28. The van der Waals surface area contributed by atoms with Gasteiger partial charge in [-0.25, -0.2) is 9.78 Å². The van der Waals surface area contributed by atoms with Crippen LogP contribution in [-0.4, -0.2) is 25.6 Å². The number of carboxylic acid groups (broad SMARTS) is 1. The van der Waals surface area contributed by atoms with Crippen LogP contribution in [0.3, 0.4) is 0 Å². The maximum Gasteiger partial charge on any atom is 0.337 e. The van der Waals surface area contributed by atoms with Gasteiger partial charge in [-0.1, -0.05) is 24.3 Å². The molecule has 0 saturated carbocycles. The summed E-state index contributed by atoms with van der Waals surface area (Å²) in [6, 6.07) is 11.4. The van der Waals surface area contributed by atoms with Crippen LogP contribution in [0.25, 0.3) is 21.6 Å². The van der Waals surface area contributed by atoms with Gasteiger partial charge in [0.25, 0.3) is 5.56 Å². The molecule has 4 aromatic rings. The fourth-order valence-electron chi connectivity index (χ4n) is 3.01. The van der Waals surface area contributed by atoms with E-state index in [2.05, 4.69) is 9.97 Å². The van der Waals surface area contributed by atoms with Crippen LogP contribution >= 0.6 is 11.3 Å². The van der Waals surface area contributed by atoms with Gasteiger partial charge in [-0.15, -0.1) is 11.3 Å². The molecule has 0 fully saturated rings. The normalized spacial score (nSPS) is 11.0. The van der Waals surface area contributed by atoms with Crippen molar-refractivity contribution in [2.45, 2.75) is 13.5 Å². The molecule has 3 heterocycles. The minimum atomic E-state index is -1.13. The maximum absolute atomic E-state index is 13.3. The zero-order valence-electron chi connectivity index (χ0n) is 14.4. The Morgan fingerprint density at radius 3 is 2.63 bits per heavy atom. The molecule has 0 atom stereocenters. The Balaban J connectivity index is 2.02. The molecule has 0 bridgehead atoms. The summed E-state index contributed by atoms with van der Waals surface area (Å²) < 4.78 is 1.54. The Labute approximate surface area is 158 Å². The van der Waals surface area contributed by atoms with Crippen molar-refractivity contribution in [2.75, 3.05) is 0 Å². The molecule has 1 aromatic carbocycles. The van der Waals surface area contributed by atoms with Crippen molar-refractivity contribution < 1.29 is 9.90 Å². The molecule has 0 aliphatic carbocycles. The fourth-order valence-corrected chi connectivity index (χ4v) is 3.91. The molecule has 1 N–H and O–H groups in total. The number of thiophene rings is 1. The van der Waals surface area contributed by atoms with Crippen LogP contribution in [-0.2, 0) is 6.54 Å². The van der Waals surface area contributed by atoms with E-state index in [0.29, 0.717) is 17.2 Å². The van der Waals surface area contributed by atoms with Gasteiger partial charge in [-0.3, -0.25) is 14.3 Å². The highest BCUT2D eigenvalue weighted by molar-refractivity contribution is 7.17. The van der Waals surface area contributed by atoms with Crippen molar-refractivity contribution in [3.8, 4) is 11.4 Å². The number of nitrogens with zero attached hydrogens (tertiary/aromatic N) is 3. The van der Waals surface area contributed by atoms with Crippen molar-refractivity contribution in [2.24, 2.45) is 0 Å². The van der Waals surface area contributed by atoms with Gasteiger partial charge in [-0.05, 0) is 30.2 Å². The number of fused-ring (bicyclic) bond motifs is 1. The number of benzene rings is 1. The minimum Gasteiger partial charge on any atom is -0.478 e. The van der Waals surface area contributed by atoms with Crippen LogP contribution in [0.1, 0.15) is 21.5 Å². The van der Waals surface area contributed by atoms with Crippen molar-refractivity contribution >= 4 is 27.5 Å². The molecule has 0 saturated heterocycles. The number of aryl methyl sites for hydroxylation is 1. The van der Waals surface area contributed by atoms with E-state index in [-0.39, 0.29) is 16.5 Å². The zero-order chi connectivity index (χ0) is 19.0. The van der Waals surface area contributed by atoms with Crippen molar-refractivity contribution in [3.05, 3.63) is 81.2 Å². The van der Waals surface area contributed by atoms with Gasteiger partial charge >= 0.3 is 5.97 Å². The molecule has 7 heteroatoms. The second kappa shape index (κ2) is 6.77. The summed E-state index contributed by atoms with van der Waals surface area (Å²) in [5, 5.41) is 11.0. The molecule has 27 heavy (non-hydrogen) atoms. The number of hydrogen-bond donors (Lipinski definition) is 1. The number of carboxylic acids is 1. The average Bonchev–Trinajstić information content (AvgIpc) is 3.11. The summed E-state index contributed by atoms with van der Waals surface area (Å²) in [7, 11) is 0. The summed E-state index contributed by atoms with van der Waals surface area (Å²) in [6.07, 6.45) is 3.28. The average molecular weight is 377 g/mol. The first-order chi connectivity index (χ1) is 13.1. The second-order valence-electron chi connectivity index (χ2n) is 6.12.